The van der Waals surface area contributed by atoms with Crippen LogP contribution in [0.1, 0.15) is 27.7 Å². The molecular weight excluding hydrogens is 415 g/mol. The second-order valence-electron chi connectivity index (χ2n) is 6.34. The van der Waals surface area contributed by atoms with Crippen molar-refractivity contribution in [2.75, 3.05) is 38.7 Å². The zero-order valence-electron chi connectivity index (χ0n) is 15.8. The van der Waals surface area contributed by atoms with Crippen LogP contribution in [-0.4, -0.2) is 51.4 Å². The molecule has 1 atom stereocenters. The number of aliphatic imine (C=N–C) groups is 1. The van der Waals surface area contributed by atoms with Gasteiger partial charge in [0.1, 0.15) is 0 Å². The minimum atomic E-state index is -0.255. The van der Waals surface area contributed by atoms with Crippen molar-refractivity contribution in [3.05, 3.63) is 30.3 Å². The summed E-state index contributed by atoms with van der Waals surface area (Å²) in [5.74, 6) is 0.825. The second kappa shape index (κ2) is 11.5. The van der Waals surface area contributed by atoms with E-state index in [4.69, 9.17) is 4.74 Å². The highest BCUT2D eigenvalue weighted by Gasteiger charge is 2.16. The zero-order valence-corrected chi connectivity index (χ0v) is 18.1. The Morgan fingerprint density at radius 2 is 1.88 bits per heavy atom. The molecular formula is C18H33IN4O. The Labute approximate surface area is 164 Å². The lowest BCUT2D eigenvalue weighted by Crippen LogP contribution is -2.45. The average Bonchev–Trinajstić information content (AvgIpc) is 2.57. The van der Waals surface area contributed by atoms with Crippen LogP contribution in [0.3, 0.4) is 0 Å². The van der Waals surface area contributed by atoms with Crippen molar-refractivity contribution < 1.29 is 4.74 Å². The zero-order chi connectivity index (χ0) is 17.3. The summed E-state index contributed by atoms with van der Waals surface area (Å²) in [7, 11) is 3.83. The molecule has 1 unspecified atom stereocenters. The molecule has 6 heteroatoms. The predicted octanol–water partition coefficient (Wildman–Crippen LogP) is 3.11. The van der Waals surface area contributed by atoms with Crippen LogP contribution in [-0.2, 0) is 4.74 Å². The van der Waals surface area contributed by atoms with E-state index in [1.54, 1.807) is 7.11 Å². The maximum atomic E-state index is 5.42. The van der Waals surface area contributed by atoms with Crippen LogP contribution >= 0.6 is 24.0 Å². The Kier molecular flexibility index (Phi) is 11.0. The number of hydrogen-bond donors (Lipinski definition) is 2. The van der Waals surface area contributed by atoms with E-state index < -0.39 is 0 Å². The molecule has 1 aromatic rings. The van der Waals surface area contributed by atoms with Crippen molar-refractivity contribution in [2.45, 2.75) is 39.3 Å². The summed E-state index contributed by atoms with van der Waals surface area (Å²) in [6.07, 6.45) is 0. The molecule has 0 heterocycles. The van der Waals surface area contributed by atoms with Gasteiger partial charge in [-0.2, -0.15) is 0 Å². The summed E-state index contributed by atoms with van der Waals surface area (Å²) in [5, 5.41) is 6.69. The van der Waals surface area contributed by atoms with Crippen LogP contribution in [0.25, 0.3) is 0 Å². The van der Waals surface area contributed by atoms with Gasteiger partial charge in [-0.3, -0.25) is 4.99 Å². The largest absolute Gasteiger partial charge is 0.377 e. The molecule has 0 radical (unpaired) electrons. The van der Waals surface area contributed by atoms with Crippen LogP contribution in [0, 0.1) is 0 Å². The summed E-state index contributed by atoms with van der Waals surface area (Å²) in [6.45, 7) is 10.6. The first-order chi connectivity index (χ1) is 10.9. The lowest BCUT2D eigenvalue weighted by Gasteiger charge is -2.28. The van der Waals surface area contributed by atoms with Crippen LogP contribution < -0.4 is 15.5 Å². The molecule has 24 heavy (non-hydrogen) atoms. The Morgan fingerprint density at radius 3 is 2.42 bits per heavy atom. The maximum Gasteiger partial charge on any atom is 0.191 e. The molecule has 0 aromatic heterocycles. The molecule has 0 saturated heterocycles. The van der Waals surface area contributed by atoms with E-state index in [0.29, 0.717) is 12.6 Å². The van der Waals surface area contributed by atoms with Crippen LogP contribution in [0.2, 0.25) is 0 Å². The van der Waals surface area contributed by atoms with Gasteiger partial charge < -0.3 is 20.3 Å². The molecule has 138 valence electrons. The first-order valence-electron chi connectivity index (χ1n) is 8.25. The lowest BCUT2D eigenvalue weighted by molar-refractivity contribution is 0.0310. The average molecular weight is 448 g/mol. The van der Waals surface area contributed by atoms with Crippen LogP contribution in [0.15, 0.2) is 35.3 Å². The minimum absolute atomic E-state index is 0. The SMILES string of the molecule is CCNC(=NCC(C)(C)OC)NCC(C)N(C)c1ccccc1.I. The van der Waals surface area contributed by atoms with Crippen molar-refractivity contribution in [3.8, 4) is 0 Å². The normalized spacial score (nSPS) is 13.0. The smallest absolute Gasteiger partial charge is 0.191 e. The Hall–Kier alpha value is -1.02. The maximum absolute atomic E-state index is 5.42. The van der Waals surface area contributed by atoms with Gasteiger partial charge in [0.2, 0.25) is 0 Å². The van der Waals surface area contributed by atoms with Gasteiger partial charge in [0.05, 0.1) is 12.1 Å². The van der Waals surface area contributed by atoms with Crippen molar-refractivity contribution >= 4 is 35.6 Å². The Morgan fingerprint density at radius 1 is 1.25 bits per heavy atom. The number of nitrogens with one attached hydrogen (secondary N) is 2. The molecule has 0 amide bonds. The molecule has 0 aliphatic carbocycles. The molecule has 0 spiro atoms. The minimum Gasteiger partial charge on any atom is -0.377 e. The number of benzene rings is 1. The van der Waals surface area contributed by atoms with Crippen LogP contribution in [0.5, 0.6) is 0 Å². The first kappa shape index (κ1) is 23.0. The summed E-state index contributed by atoms with van der Waals surface area (Å²) < 4.78 is 5.42. The first-order valence-corrected chi connectivity index (χ1v) is 8.25. The summed E-state index contributed by atoms with van der Waals surface area (Å²) in [5.41, 5.74) is 0.957. The number of guanidine groups is 1. The Bertz CT molecular complexity index is 479. The number of anilines is 1. The number of nitrogens with zero attached hydrogens (tertiary/aromatic N) is 2. The van der Waals surface area contributed by atoms with Crippen molar-refractivity contribution in [1.82, 2.24) is 10.6 Å². The topological polar surface area (TPSA) is 48.9 Å². The van der Waals surface area contributed by atoms with E-state index in [1.807, 2.05) is 19.9 Å². The van der Waals surface area contributed by atoms with E-state index in [1.165, 1.54) is 5.69 Å². The second-order valence-corrected chi connectivity index (χ2v) is 6.34. The van der Waals surface area contributed by atoms with Crippen molar-refractivity contribution in [1.29, 1.82) is 0 Å². The van der Waals surface area contributed by atoms with Gasteiger partial charge in [-0.25, -0.2) is 0 Å². The summed E-state index contributed by atoms with van der Waals surface area (Å²) in [6, 6.07) is 10.7. The number of rotatable bonds is 8. The highest BCUT2D eigenvalue weighted by atomic mass is 127. The number of methoxy groups -OCH3 is 1. The fourth-order valence-corrected chi connectivity index (χ4v) is 1.97. The molecule has 2 N–H and O–H groups in total. The molecule has 0 aliphatic rings. The molecule has 5 nitrogen and oxygen atoms in total. The molecule has 0 fully saturated rings. The third-order valence-corrected chi connectivity index (χ3v) is 3.90. The molecule has 0 bridgehead atoms. The van der Waals surface area contributed by atoms with E-state index in [2.05, 4.69) is 65.7 Å². The number of para-hydroxylation sites is 1. The van der Waals surface area contributed by atoms with Crippen molar-refractivity contribution in [2.24, 2.45) is 4.99 Å². The van der Waals surface area contributed by atoms with E-state index in [9.17, 15) is 0 Å². The quantitative estimate of drug-likeness (QED) is 0.365. The molecule has 1 aromatic carbocycles. The van der Waals surface area contributed by atoms with Gasteiger partial charge >= 0.3 is 0 Å². The van der Waals surface area contributed by atoms with Gasteiger partial charge in [0.25, 0.3) is 0 Å². The van der Waals surface area contributed by atoms with Gasteiger partial charge in [0, 0.05) is 39.0 Å². The highest BCUT2D eigenvalue weighted by molar-refractivity contribution is 14.0. The number of likely N-dealkylation sites (N-methyl/N-ethyl adjacent to an activating group) is 1. The molecule has 0 saturated carbocycles. The van der Waals surface area contributed by atoms with E-state index >= 15 is 0 Å². The fraction of sp³-hybridized carbons (Fsp3) is 0.611. The molecule has 0 aliphatic heterocycles. The van der Waals surface area contributed by atoms with Crippen LogP contribution in [0.4, 0.5) is 5.69 Å². The lowest BCUT2D eigenvalue weighted by atomic mass is 10.1. The standard InChI is InChI=1S/C18H32N4O.HI/c1-7-19-17(21-14-18(3,4)23-6)20-13-15(2)22(5)16-11-9-8-10-12-16;/h8-12,15H,7,13-14H2,1-6H3,(H2,19,20,21);1H. The van der Waals surface area contributed by atoms with Crippen molar-refractivity contribution in [3.63, 3.8) is 0 Å². The van der Waals surface area contributed by atoms with Gasteiger partial charge in [0.15, 0.2) is 5.96 Å². The summed E-state index contributed by atoms with van der Waals surface area (Å²) in [4.78, 5) is 6.87. The fourth-order valence-electron chi connectivity index (χ4n) is 1.97. The van der Waals surface area contributed by atoms with Gasteiger partial charge in [-0.05, 0) is 39.8 Å². The Balaban J connectivity index is 0.00000529. The number of hydrogen-bond acceptors (Lipinski definition) is 3. The van der Waals surface area contributed by atoms with Gasteiger partial charge in [-0.15, -0.1) is 24.0 Å². The predicted molar refractivity (Wildman–Crippen MR) is 115 cm³/mol. The monoisotopic (exact) mass is 448 g/mol. The highest BCUT2D eigenvalue weighted by Crippen LogP contribution is 2.13. The summed E-state index contributed by atoms with van der Waals surface area (Å²) >= 11 is 0. The molecule has 1 rings (SSSR count). The third-order valence-electron chi connectivity index (χ3n) is 3.90. The number of ether oxygens (including phenoxy) is 1. The van der Waals surface area contributed by atoms with Gasteiger partial charge in [-0.1, -0.05) is 18.2 Å². The number of halogens is 1. The van der Waals surface area contributed by atoms with E-state index in [-0.39, 0.29) is 29.6 Å². The van der Waals surface area contributed by atoms with E-state index in [0.717, 1.165) is 19.0 Å². The third kappa shape index (κ3) is 8.19.